The van der Waals surface area contributed by atoms with E-state index in [1.807, 2.05) is 0 Å². The van der Waals surface area contributed by atoms with Gasteiger partial charge < -0.3 is 5.32 Å². The molecule has 1 heterocycles. The van der Waals surface area contributed by atoms with E-state index in [1.165, 1.54) is 6.07 Å². The fourth-order valence-corrected chi connectivity index (χ4v) is 2.47. The second-order valence-corrected chi connectivity index (χ2v) is 5.40. The number of carbonyl (C=O) groups excluding carboxylic acids is 1. The minimum atomic E-state index is -1.08. The number of amides is 1. The summed E-state index contributed by atoms with van der Waals surface area (Å²) >= 11 is 0. The van der Waals surface area contributed by atoms with E-state index in [4.69, 9.17) is 0 Å². The number of aromatic nitrogens is 3. The molecule has 0 bridgehead atoms. The molecule has 0 saturated heterocycles. The first-order valence-electron chi connectivity index (χ1n) is 7.61. The van der Waals surface area contributed by atoms with Gasteiger partial charge >= 0.3 is 0 Å². The van der Waals surface area contributed by atoms with Gasteiger partial charge in [0, 0.05) is 11.8 Å². The lowest BCUT2D eigenvalue weighted by Crippen LogP contribution is -2.35. The Morgan fingerprint density at radius 2 is 1.96 bits per heavy atom. The molecule has 25 heavy (non-hydrogen) atoms. The molecular weight excluding hydrogens is 330 g/mol. The summed E-state index contributed by atoms with van der Waals surface area (Å²) in [6.07, 6.45) is 0.266. The van der Waals surface area contributed by atoms with Crippen LogP contribution in [0, 0.1) is 11.6 Å². The number of benzene rings is 2. The highest BCUT2D eigenvalue weighted by Gasteiger charge is 2.22. The van der Waals surface area contributed by atoms with Crippen molar-refractivity contribution in [3.8, 4) is 0 Å². The van der Waals surface area contributed by atoms with Crippen molar-refractivity contribution in [1.82, 2.24) is 15.0 Å². The molecular formula is C17H14F2N4O2. The van der Waals surface area contributed by atoms with Crippen LogP contribution >= 0.6 is 0 Å². The Morgan fingerprint density at radius 1 is 1.20 bits per heavy atom. The third-order valence-electron chi connectivity index (χ3n) is 3.76. The predicted octanol–water partition coefficient (Wildman–Crippen LogP) is 2.66. The standard InChI is InChI=1S/C17H14F2N4O2/c1-2-15(16(24)20-10-7-8-12(18)13(19)9-10)23-17(25)11-5-3-4-6-14(11)21-22-23/h3-9,15H,2H2,1H3,(H,20,24)/t15-/m0/s1. The highest BCUT2D eigenvalue weighted by atomic mass is 19.2. The molecule has 3 aromatic rings. The average molecular weight is 344 g/mol. The molecule has 128 valence electrons. The molecule has 0 spiro atoms. The fraction of sp³-hybridized carbons (Fsp3) is 0.176. The van der Waals surface area contributed by atoms with Gasteiger partial charge in [0.05, 0.1) is 5.39 Å². The van der Waals surface area contributed by atoms with E-state index >= 15 is 0 Å². The number of nitrogens with one attached hydrogen (secondary N) is 1. The number of rotatable bonds is 4. The van der Waals surface area contributed by atoms with Crippen molar-refractivity contribution in [3.05, 3.63) is 64.5 Å². The number of fused-ring (bicyclic) bond motifs is 1. The largest absolute Gasteiger partial charge is 0.324 e. The van der Waals surface area contributed by atoms with Crippen LogP contribution in [0.5, 0.6) is 0 Å². The summed E-state index contributed by atoms with van der Waals surface area (Å²) in [5.74, 6) is -2.66. The van der Waals surface area contributed by atoms with Crippen LogP contribution in [-0.2, 0) is 4.79 Å². The Bertz CT molecular complexity index is 1000. The molecule has 0 radical (unpaired) electrons. The Morgan fingerprint density at radius 3 is 2.68 bits per heavy atom. The van der Waals surface area contributed by atoms with Crippen LogP contribution in [-0.4, -0.2) is 20.9 Å². The van der Waals surface area contributed by atoms with Gasteiger partial charge in [0.2, 0.25) is 5.91 Å². The summed E-state index contributed by atoms with van der Waals surface area (Å²) in [4.78, 5) is 25.0. The lowest BCUT2D eigenvalue weighted by molar-refractivity contribution is -0.119. The molecule has 1 N–H and O–H groups in total. The van der Waals surface area contributed by atoms with Gasteiger partial charge in [-0.25, -0.2) is 8.78 Å². The van der Waals surface area contributed by atoms with E-state index < -0.39 is 29.1 Å². The molecule has 6 nitrogen and oxygen atoms in total. The lowest BCUT2D eigenvalue weighted by Gasteiger charge is -2.16. The molecule has 0 fully saturated rings. The zero-order valence-electron chi connectivity index (χ0n) is 13.2. The van der Waals surface area contributed by atoms with Crippen molar-refractivity contribution >= 4 is 22.5 Å². The van der Waals surface area contributed by atoms with E-state index in [0.717, 1.165) is 16.8 Å². The van der Waals surface area contributed by atoms with Crippen LogP contribution in [0.3, 0.4) is 0 Å². The minimum Gasteiger partial charge on any atom is -0.324 e. The van der Waals surface area contributed by atoms with Gasteiger partial charge in [-0.3, -0.25) is 9.59 Å². The number of carbonyl (C=O) groups is 1. The molecule has 1 aromatic heterocycles. The second-order valence-electron chi connectivity index (χ2n) is 5.40. The van der Waals surface area contributed by atoms with Crippen molar-refractivity contribution in [1.29, 1.82) is 0 Å². The zero-order valence-corrected chi connectivity index (χ0v) is 13.2. The van der Waals surface area contributed by atoms with E-state index in [0.29, 0.717) is 10.9 Å². The Balaban J connectivity index is 1.94. The summed E-state index contributed by atoms with van der Waals surface area (Å²) in [7, 11) is 0. The highest BCUT2D eigenvalue weighted by Crippen LogP contribution is 2.17. The van der Waals surface area contributed by atoms with E-state index in [2.05, 4.69) is 15.6 Å². The minimum absolute atomic E-state index is 0.0872. The molecule has 8 heteroatoms. The quantitative estimate of drug-likeness (QED) is 0.789. The first-order chi connectivity index (χ1) is 12.0. The Kier molecular flexibility index (Phi) is 4.51. The van der Waals surface area contributed by atoms with Crippen molar-refractivity contribution in [2.45, 2.75) is 19.4 Å². The molecule has 0 saturated carbocycles. The highest BCUT2D eigenvalue weighted by molar-refractivity contribution is 5.93. The number of hydrogen-bond acceptors (Lipinski definition) is 4. The summed E-state index contributed by atoms with van der Waals surface area (Å²) < 4.78 is 27.2. The van der Waals surface area contributed by atoms with Crippen LogP contribution in [0.2, 0.25) is 0 Å². The summed E-state index contributed by atoms with van der Waals surface area (Å²) in [6.45, 7) is 1.71. The molecule has 1 atom stereocenters. The van der Waals surface area contributed by atoms with Gasteiger partial charge in [-0.1, -0.05) is 24.3 Å². The maximum atomic E-state index is 13.3. The Hall–Kier alpha value is -3.16. The topological polar surface area (TPSA) is 76.9 Å². The van der Waals surface area contributed by atoms with Crippen molar-refractivity contribution in [3.63, 3.8) is 0 Å². The van der Waals surface area contributed by atoms with Gasteiger partial charge in [-0.2, -0.15) is 4.68 Å². The maximum Gasteiger partial charge on any atom is 0.278 e. The number of anilines is 1. The van der Waals surface area contributed by atoms with Crippen LogP contribution in [0.1, 0.15) is 19.4 Å². The average Bonchev–Trinajstić information content (AvgIpc) is 2.61. The molecule has 0 aliphatic carbocycles. The maximum absolute atomic E-state index is 13.3. The van der Waals surface area contributed by atoms with Crippen LogP contribution in [0.15, 0.2) is 47.3 Å². The second kappa shape index (κ2) is 6.76. The molecule has 3 rings (SSSR count). The molecule has 1 amide bonds. The zero-order chi connectivity index (χ0) is 18.0. The van der Waals surface area contributed by atoms with E-state index in [9.17, 15) is 18.4 Å². The van der Waals surface area contributed by atoms with Crippen LogP contribution < -0.4 is 10.9 Å². The SMILES string of the molecule is CC[C@@H](C(=O)Nc1ccc(F)c(F)c1)n1nnc2ccccc2c1=O. The third kappa shape index (κ3) is 3.23. The lowest BCUT2D eigenvalue weighted by atomic mass is 10.2. The van der Waals surface area contributed by atoms with Gasteiger partial charge in [-0.15, -0.1) is 5.10 Å². The normalized spacial score (nSPS) is 12.1. The van der Waals surface area contributed by atoms with Crippen molar-refractivity contribution in [2.24, 2.45) is 0 Å². The fourth-order valence-electron chi connectivity index (χ4n) is 2.47. The summed E-state index contributed by atoms with van der Waals surface area (Å²) in [5.41, 5.74) is 0.0710. The molecule has 2 aromatic carbocycles. The van der Waals surface area contributed by atoms with Crippen molar-refractivity contribution < 1.29 is 13.6 Å². The Labute approximate surface area is 141 Å². The summed E-state index contributed by atoms with van der Waals surface area (Å²) in [6, 6.07) is 8.75. The van der Waals surface area contributed by atoms with Gasteiger partial charge in [0.15, 0.2) is 11.6 Å². The van der Waals surface area contributed by atoms with Crippen LogP contribution in [0.4, 0.5) is 14.5 Å². The first-order valence-corrected chi connectivity index (χ1v) is 7.61. The summed E-state index contributed by atoms with van der Waals surface area (Å²) in [5, 5.41) is 10.6. The van der Waals surface area contributed by atoms with Crippen molar-refractivity contribution in [2.75, 3.05) is 5.32 Å². The molecule has 0 aliphatic rings. The number of nitrogens with zero attached hydrogens (tertiary/aromatic N) is 3. The molecule has 0 aliphatic heterocycles. The third-order valence-corrected chi connectivity index (χ3v) is 3.76. The smallest absolute Gasteiger partial charge is 0.278 e. The number of hydrogen-bond donors (Lipinski definition) is 1. The first kappa shape index (κ1) is 16.7. The molecule has 0 unspecified atom stereocenters. The van der Waals surface area contributed by atoms with E-state index in [-0.39, 0.29) is 12.1 Å². The van der Waals surface area contributed by atoms with Crippen LogP contribution in [0.25, 0.3) is 10.9 Å². The van der Waals surface area contributed by atoms with Gasteiger partial charge in [-0.05, 0) is 30.7 Å². The number of halogens is 2. The predicted molar refractivity (Wildman–Crippen MR) is 88.1 cm³/mol. The monoisotopic (exact) mass is 344 g/mol. The van der Waals surface area contributed by atoms with E-state index in [1.54, 1.807) is 31.2 Å². The van der Waals surface area contributed by atoms with Gasteiger partial charge in [0.25, 0.3) is 5.56 Å². The van der Waals surface area contributed by atoms with Gasteiger partial charge in [0.1, 0.15) is 11.6 Å².